The molecule has 24 heavy (non-hydrogen) atoms. The number of carbonyl (C=O) groups excluding carboxylic acids is 2. The average Bonchev–Trinajstić information content (AvgIpc) is 2.88. The summed E-state index contributed by atoms with van der Waals surface area (Å²) in [5, 5.41) is 11.3. The molecule has 0 aromatic heterocycles. The molecule has 1 aliphatic rings. The first-order valence-electron chi connectivity index (χ1n) is 7.39. The fraction of sp³-hybridized carbons (Fsp3) is 0.467. The molecule has 0 radical (unpaired) electrons. The van der Waals surface area contributed by atoms with E-state index < -0.39 is 36.6 Å². The Hall–Kier alpha value is -2.29. The fourth-order valence-electron chi connectivity index (χ4n) is 2.58. The van der Waals surface area contributed by atoms with Crippen molar-refractivity contribution in [1.29, 1.82) is 0 Å². The van der Waals surface area contributed by atoms with Crippen molar-refractivity contribution in [3.05, 3.63) is 23.8 Å². The molecule has 0 aliphatic carbocycles. The zero-order valence-corrected chi connectivity index (χ0v) is 12.9. The summed E-state index contributed by atoms with van der Waals surface area (Å²) in [7, 11) is 0. The molecule has 1 aliphatic heterocycles. The number of carbonyl (C=O) groups is 2. The minimum atomic E-state index is -4.55. The molecular formula is C15H18F3N3O3. The summed E-state index contributed by atoms with van der Waals surface area (Å²) in [5.74, 6) is -1.52. The first-order chi connectivity index (χ1) is 11.1. The van der Waals surface area contributed by atoms with Crippen LogP contribution in [0.4, 0.5) is 18.9 Å². The number of fused-ring (bicyclic) bond motifs is 1. The highest BCUT2D eigenvalue weighted by Crippen LogP contribution is 2.35. The summed E-state index contributed by atoms with van der Waals surface area (Å²) in [4.78, 5) is 25.8. The van der Waals surface area contributed by atoms with Crippen LogP contribution in [-0.4, -0.2) is 41.7 Å². The van der Waals surface area contributed by atoms with Crippen molar-refractivity contribution in [1.82, 2.24) is 5.32 Å². The van der Waals surface area contributed by atoms with Crippen molar-refractivity contribution in [3.8, 4) is 5.75 Å². The molecule has 6 nitrogen and oxygen atoms in total. The Labute approximate surface area is 136 Å². The van der Waals surface area contributed by atoms with Crippen LogP contribution in [-0.2, 0) is 16.0 Å². The summed E-state index contributed by atoms with van der Waals surface area (Å²) in [6, 6.07) is 2.16. The molecule has 1 aromatic carbocycles. The number of halogens is 3. The number of anilines is 1. The Bertz CT molecular complexity index is 649. The SMILES string of the molecule is CCC(N)C(=O)N1c2ccc(O)cc2CC1C(=O)NCC(F)(F)F. The van der Waals surface area contributed by atoms with Crippen LogP contribution in [0.5, 0.6) is 5.75 Å². The Morgan fingerprint density at radius 1 is 1.46 bits per heavy atom. The molecule has 0 saturated carbocycles. The van der Waals surface area contributed by atoms with Crippen molar-refractivity contribution in [2.45, 2.75) is 38.0 Å². The second-order valence-corrected chi connectivity index (χ2v) is 5.59. The van der Waals surface area contributed by atoms with Gasteiger partial charge in [-0.1, -0.05) is 6.92 Å². The van der Waals surface area contributed by atoms with Crippen LogP contribution in [0.25, 0.3) is 0 Å². The third-order valence-corrected chi connectivity index (χ3v) is 3.81. The van der Waals surface area contributed by atoms with Crippen LogP contribution in [0, 0.1) is 0 Å². The van der Waals surface area contributed by atoms with Gasteiger partial charge in [0.05, 0.1) is 6.04 Å². The van der Waals surface area contributed by atoms with Gasteiger partial charge < -0.3 is 16.2 Å². The van der Waals surface area contributed by atoms with Crippen molar-refractivity contribution in [2.75, 3.05) is 11.4 Å². The van der Waals surface area contributed by atoms with Gasteiger partial charge in [0, 0.05) is 12.1 Å². The standard InChI is InChI=1S/C15H18F3N3O3/c1-2-10(19)14(24)21-11-4-3-9(22)5-8(11)6-12(21)13(23)20-7-15(16,17)18/h3-5,10,12,22H,2,6-7,19H2,1H3,(H,20,23). The quantitative estimate of drug-likeness (QED) is 0.760. The zero-order chi connectivity index (χ0) is 18.1. The van der Waals surface area contributed by atoms with Gasteiger partial charge >= 0.3 is 6.18 Å². The van der Waals surface area contributed by atoms with Crippen LogP contribution in [0.15, 0.2) is 18.2 Å². The molecule has 0 spiro atoms. The van der Waals surface area contributed by atoms with E-state index in [0.29, 0.717) is 17.7 Å². The van der Waals surface area contributed by atoms with Crippen molar-refractivity contribution >= 4 is 17.5 Å². The highest BCUT2D eigenvalue weighted by molar-refractivity contribution is 6.05. The van der Waals surface area contributed by atoms with Gasteiger partial charge in [-0.05, 0) is 30.2 Å². The van der Waals surface area contributed by atoms with Gasteiger partial charge in [-0.25, -0.2) is 0 Å². The number of rotatable bonds is 4. The molecular weight excluding hydrogens is 327 g/mol. The molecule has 0 fully saturated rings. The molecule has 2 rings (SSSR count). The van der Waals surface area contributed by atoms with Crippen LogP contribution in [0.2, 0.25) is 0 Å². The maximum absolute atomic E-state index is 12.5. The van der Waals surface area contributed by atoms with Gasteiger partial charge in [0.25, 0.3) is 0 Å². The van der Waals surface area contributed by atoms with E-state index in [-0.39, 0.29) is 12.2 Å². The Balaban J connectivity index is 2.29. The highest BCUT2D eigenvalue weighted by Gasteiger charge is 2.40. The predicted molar refractivity (Wildman–Crippen MR) is 80.4 cm³/mol. The molecule has 0 bridgehead atoms. The van der Waals surface area contributed by atoms with Crippen molar-refractivity contribution in [3.63, 3.8) is 0 Å². The van der Waals surface area contributed by atoms with Gasteiger partial charge in [-0.2, -0.15) is 13.2 Å². The van der Waals surface area contributed by atoms with Crippen LogP contribution < -0.4 is 16.0 Å². The first kappa shape index (κ1) is 18.1. The normalized spacial score (nSPS) is 18.2. The van der Waals surface area contributed by atoms with E-state index in [0.717, 1.165) is 4.90 Å². The van der Waals surface area contributed by atoms with Gasteiger partial charge in [-0.3, -0.25) is 14.5 Å². The van der Waals surface area contributed by atoms with E-state index in [9.17, 15) is 27.9 Å². The molecule has 9 heteroatoms. The second-order valence-electron chi connectivity index (χ2n) is 5.59. The lowest BCUT2D eigenvalue weighted by Gasteiger charge is -2.27. The number of phenols is 1. The molecule has 2 amide bonds. The Morgan fingerprint density at radius 2 is 2.12 bits per heavy atom. The number of aromatic hydroxyl groups is 1. The van der Waals surface area contributed by atoms with Crippen LogP contribution in [0.1, 0.15) is 18.9 Å². The highest BCUT2D eigenvalue weighted by atomic mass is 19.4. The Morgan fingerprint density at radius 3 is 2.71 bits per heavy atom. The van der Waals surface area contributed by atoms with Crippen molar-refractivity contribution in [2.24, 2.45) is 5.73 Å². The van der Waals surface area contributed by atoms with E-state index in [1.165, 1.54) is 18.2 Å². The number of phenolic OH excluding ortho intramolecular Hbond substituents is 1. The minimum Gasteiger partial charge on any atom is -0.508 e. The number of nitrogens with zero attached hydrogens (tertiary/aromatic N) is 1. The summed E-state index contributed by atoms with van der Waals surface area (Å²) in [6.45, 7) is 0.209. The third-order valence-electron chi connectivity index (χ3n) is 3.81. The zero-order valence-electron chi connectivity index (χ0n) is 12.9. The van der Waals surface area contributed by atoms with Gasteiger partial charge in [0.2, 0.25) is 11.8 Å². The lowest BCUT2D eigenvalue weighted by Crippen LogP contribution is -2.53. The van der Waals surface area contributed by atoms with E-state index >= 15 is 0 Å². The lowest BCUT2D eigenvalue weighted by molar-refractivity contribution is -0.139. The first-order valence-corrected chi connectivity index (χ1v) is 7.39. The number of benzene rings is 1. The largest absolute Gasteiger partial charge is 0.508 e. The molecule has 0 saturated heterocycles. The average molecular weight is 345 g/mol. The van der Waals surface area contributed by atoms with E-state index in [4.69, 9.17) is 5.73 Å². The van der Waals surface area contributed by atoms with Crippen LogP contribution in [0.3, 0.4) is 0 Å². The maximum Gasteiger partial charge on any atom is 0.405 e. The van der Waals surface area contributed by atoms with Gasteiger partial charge in [0.15, 0.2) is 0 Å². The molecule has 2 unspecified atom stereocenters. The van der Waals surface area contributed by atoms with E-state index in [1.807, 2.05) is 0 Å². The molecule has 1 heterocycles. The minimum absolute atomic E-state index is 0.00952. The maximum atomic E-state index is 12.5. The van der Waals surface area contributed by atoms with Crippen molar-refractivity contribution < 1.29 is 27.9 Å². The molecule has 132 valence electrons. The predicted octanol–water partition coefficient (Wildman–Crippen LogP) is 1.07. The van der Waals surface area contributed by atoms with Gasteiger partial charge in [0.1, 0.15) is 18.3 Å². The van der Waals surface area contributed by atoms with Crippen LogP contribution >= 0.6 is 0 Å². The molecule has 2 atom stereocenters. The number of hydrogen-bond donors (Lipinski definition) is 3. The van der Waals surface area contributed by atoms with Gasteiger partial charge in [-0.15, -0.1) is 0 Å². The number of nitrogens with two attached hydrogens (primary N) is 1. The molecule has 4 N–H and O–H groups in total. The van der Waals surface area contributed by atoms with E-state index in [1.54, 1.807) is 12.2 Å². The number of amides is 2. The summed E-state index contributed by atoms with van der Waals surface area (Å²) >= 11 is 0. The smallest absolute Gasteiger partial charge is 0.405 e. The number of hydrogen-bond acceptors (Lipinski definition) is 4. The van der Waals surface area contributed by atoms with E-state index in [2.05, 4.69) is 0 Å². The second kappa shape index (κ2) is 6.68. The molecule has 1 aromatic rings. The third kappa shape index (κ3) is 3.78. The summed E-state index contributed by atoms with van der Waals surface area (Å²) in [5.41, 5.74) is 6.60. The number of nitrogens with one attached hydrogen (secondary N) is 1. The lowest BCUT2D eigenvalue weighted by atomic mass is 10.1. The summed E-state index contributed by atoms with van der Waals surface area (Å²) < 4.78 is 36.9. The topological polar surface area (TPSA) is 95.7 Å². The fourth-order valence-corrected chi connectivity index (χ4v) is 2.58. The monoisotopic (exact) mass is 345 g/mol. The summed E-state index contributed by atoms with van der Waals surface area (Å²) in [6.07, 6.45) is -4.22. The number of alkyl halides is 3. The Kier molecular flexibility index (Phi) is 5.02.